The Morgan fingerprint density at radius 3 is 2.57 bits per heavy atom. The lowest BCUT2D eigenvalue weighted by Gasteiger charge is -2.11. The van der Waals surface area contributed by atoms with Crippen molar-refractivity contribution in [3.8, 4) is 0 Å². The fourth-order valence-corrected chi connectivity index (χ4v) is 4.40. The molecule has 0 saturated heterocycles. The van der Waals surface area contributed by atoms with Crippen LogP contribution in [0.25, 0.3) is 10.9 Å². The number of pyridine rings is 1. The largest absolute Gasteiger partial charge is 0.302 e. The van der Waals surface area contributed by atoms with E-state index in [-0.39, 0.29) is 0 Å². The Labute approximate surface area is 174 Å². The fourth-order valence-electron chi connectivity index (χ4n) is 3.16. The molecular weight excluding hydrogens is 388 g/mol. The molecule has 28 heavy (non-hydrogen) atoms. The third-order valence-corrected chi connectivity index (χ3v) is 6.32. The Hall–Kier alpha value is -2.37. The molecule has 4 nitrogen and oxygen atoms in total. The molecule has 0 aliphatic carbocycles. The first-order valence-electron chi connectivity index (χ1n) is 9.15. The van der Waals surface area contributed by atoms with Crippen LogP contribution in [0.2, 0.25) is 5.15 Å². The highest BCUT2D eigenvalue weighted by Gasteiger charge is 2.13. The Morgan fingerprint density at radius 2 is 1.79 bits per heavy atom. The van der Waals surface area contributed by atoms with Gasteiger partial charge < -0.3 is 4.57 Å². The highest BCUT2D eigenvalue weighted by molar-refractivity contribution is 7.98. The average Bonchev–Trinajstić information content (AvgIpc) is 3.04. The zero-order chi connectivity index (χ0) is 19.7. The van der Waals surface area contributed by atoms with Gasteiger partial charge in [-0.25, -0.2) is 4.98 Å². The van der Waals surface area contributed by atoms with E-state index in [0.29, 0.717) is 10.9 Å². The number of thioether (sulfide) groups is 1. The Kier molecular flexibility index (Phi) is 5.38. The second-order valence-electron chi connectivity index (χ2n) is 6.91. The van der Waals surface area contributed by atoms with Crippen LogP contribution in [0, 0.1) is 20.8 Å². The summed E-state index contributed by atoms with van der Waals surface area (Å²) in [4.78, 5) is 4.65. The SMILES string of the molecule is Cc1ccc2cc(CSc3nnc(C)n3Cc3ccccc3)c(Cl)nc2c1C. The van der Waals surface area contributed by atoms with Crippen molar-refractivity contribution in [2.45, 2.75) is 38.2 Å². The highest BCUT2D eigenvalue weighted by Crippen LogP contribution is 2.30. The zero-order valence-corrected chi connectivity index (χ0v) is 17.7. The van der Waals surface area contributed by atoms with Crippen molar-refractivity contribution >= 4 is 34.3 Å². The molecule has 0 bridgehead atoms. The molecule has 0 spiro atoms. The van der Waals surface area contributed by atoms with Gasteiger partial charge >= 0.3 is 0 Å². The van der Waals surface area contributed by atoms with Crippen LogP contribution in [0.15, 0.2) is 53.7 Å². The minimum atomic E-state index is 0.555. The van der Waals surface area contributed by atoms with E-state index in [4.69, 9.17) is 11.6 Å². The number of nitrogens with zero attached hydrogens (tertiary/aromatic N) is 4. The number of rotatable bonds is 5. The van der Waals surface area contributed by atoms with Crippen LogP contribution in [0.4, 0.5) is 0 Å². The molecule has 0 aliphatic rings. The van der Waals surface area contributed by atoms with Crippen LogP contribution in [-0.2, 0) is 12.3 Å². The van der Waals surface area contributed by atoms with Gasteiger partial charge in [0.25, 0.3) is 0 Å². The first-order chi connectivity index (χ1) is 13.5. The van der Waals surface area contributed by atoms with Gasteiger partial charge in [0.05, 0.1) is 12.1 Å². The van der Waals surface area contributed by atoms with Crippen LogP contribution >= 0.6 is 23.4 Å². The molecule has 2 aromatic heterocycles. The van der Waals surface area contributed by atoms with Crippen molar-refractivity contribution < 1.29 is 0 Å². The average molecular weight is 409 g/mol. The summed E-state index contributed by atoms with van der Waals surface area (Å²) in [5, 5.41) is 11.2. The molecule has 142 valence electrons. The number of fused-ring (bicyclic) bond motifs is 1. The van der Waals surface area contributed by atoms with E-state index >= 15 is 0 Å². The molecule has 0 radical (unpaired) electrons. The van der Waals surface area contributed by atoms with Crippen LogP contribution in [0.5, 0.6) is 0 Å². The maximum atomic E-state index is 6.50. The van der Waals surface area contributed by atoms with E-state index < -0.39 is 0 Å². The number of hydrogen-bond acceptors (Lipinski definition) is 4. The van der Waals surface area contributed by atoms with Crippen LogP contribution < -0.4 is 0 Å². The van der Waals surface area contributed by atoms with E-state index in [1.54, 1.807) is 11.8 Å². The Morgan fingerprint density at radius 1 is 1.00 bits per heavy atom. The molecule has 2 aromatic carbocycles. The van der Waals surface area contributed by atoms with Crippen LogP contribution in [-0.4, -0.2) is 19.7 Å². The molecule has 0 amide bonds. The van der Waals surface area contributed by atoms with Gasteiger partial charge in [0.2, 0.25) is 0 Å². The van der Waals surface area contributed by atoms with E-state index in [0.717, 1.165) is 34.0 Å². The summed E-state index contributed by atoms with van der Waals surface area (Å²) in [5.74, 6) is 1.60. The lowest BCUT2D eigenvalue weighted by Crippen LogP contribution is -2.04. The molecule has 0 aliphatic heterocycles. The molecule has 2 heterocycles. The van der Waals surface area contributed by atoms with Gasteiger partial charge in [-0.05, 0) is 43.5 Å². The second kappa shape index (κ2) is 7.94. The molecule has 0 saturated carbocycles. The first kappa shape index (κ1) is 19.0. The van der Waals surface area contributed by atoms with Crippen molar-refractivity contribution in [1.82, 2.24) is 19.7 Å². The predicted molar refractivity (Wildman–Crippen MR) is 116 cm³/mol. The summed E-state index contributed by atoms with van der Waals surface area (Å²) in [7, 11) is 0. The zero-order valence-electron chi connectivity index (χ0n) is 16.1. The van der Waals surface area contributed by atoms with Crippen molar-refractivity contribution in [3.05, 3.63) is 81.8 Å². The number of benzene rings is 2. The van der Waals surface area contributed by atoms with Crippen molar-refractivity contribution in [1.29, 1.82) is 0 Å². The van der Waals surface area contributed by atoms with Gasteiger partial charge in [-0.3, -0.25) is 0 Å². The summed E-state index contributed by atoms with van der Waals surface area (Å²) in [5.41, 5.74) is 5.61. The summed E-state index contributed by atoms with van der Waals surface area (Å²) in [6.45, 7) is 6.92. The Bertz CT molecular complexity index is 1140. The quantitative estimate of drug-likeness (QED) is 0.311. The lowest BCUT2D eigenvalue weighted by molar-refractivity contribution is 0.688. The molecule has 0 N–H and O–H groups in total. The second-order valence-corrected chi connectivity index (χ2v) is 8.21. The minimum Gasteiger partial charge on any atom is -0.302 e. The number of aromatic nitrogens is 4. The topological polar surface area (TPSA) is 43.6 Å². The van der Waals surface area contributed by atoms with E-state index in [2.05, 4.69) is 63.9 Å². The van der Waals surface area contributed by atoms with Crippen molar-refractivity contribution in [2.75, 3.05) is 0 Å². The van der Waals surface area contributed by atoms with Gasteiger partial charge in [-0.1, -0.05) is 65.8 Å². The van der Waals surface area contributed by atoms with Crippen molar-refractivity contribution in [3.63, 3.8) is 0 Å². The molecule has 0 atom stereocenters. The van der Waals surface area contributed by atoms with E-state index in [1.807, 2.05) is 25.1 Å². The summed E-state index contributed by atoms with van der Waals surface area (Å²) in [6, 6.07) is 16.7. The smallest absolute Gasteiger partial charge is 0.191 e. The lowest BCUT2D eigenvalue weighted by atomic mass is 10.0. The third-order valence-electron chi connectivity index (χ3n) is 4.98. The summed E-state index contributed by atoms with van der Waals surface area (Å²) in [6.07, 6.45) is 0. The fraction of sp³-hybridized carbons (Fsp3) is 0.227. The monoisotopic (exact) mass is 408 g/mol. The molecule has 6 heteroatoms. The number of hydrogen-bond donors (Lipinski definition) is 0. The third kappa shape index (κ3) is 3.77. The van der Waals surface area contributed by atoms with Gasteiger partial charge in [-0.15, -0.1) is 10.2 Å². The summed E-state index contributed by atoms with van der Waals surface area (Å²) >= 11 is 8.14. The maximum Gasteiger partial charge on any atom is 0.191 e. The van der Waals surface area contributed by atoms with Gasteiger partial charge in [0.15, 0.2) is 5.16 Å². The standard InChI is InChI=1S/C22H21ClN4S/c1-14-9-10-18-11-19(21(23)24-20(18)15(14)2)13-28-22-26-25-16(3)27(22)12-17-7-5-4-6-8-17/h4-11H,12-13H2,1-3H3. The van der Waals surface area contributed by atoms with Gasteiger partial charge in [-0.2, -0.15) is 0 Å². The van der Waals surface area contributed by atoms with Crippen LogP contribution in [0.1, 0.15) is 28.1 Å². The van der Waals surface area contributed by atoms with Crippen molar-refractivity contribution in [2.24, 2.45) is 0 Å². The molecule has 0 fully saturated rings. The Balaban J connectivity index is 1.58. The van der Waals surface area contributed by atoms with E-state index in [9.17, 15) is 0 Å². The molecule has 0 unspecified atom stereocenters. The minimum absolute atomic E-state index is 0.555. The normalized spacial score (nSPS) is 11.3. The summed E-state index contributed by atoms with van der Waals surface area (Å²) < 4.78 is 2.13. The number of halogens is 1. The highest BCUT2D eigenvalue weighted by atomic mass is 35.5. The molecular formula is C22H21ClN4S. The first-order valence-corrected chi connectivity index (χ1v) is 10.5. The van der Waals surface area contributed by atoms with Gasteiger partial charge in [0.1, 0.15) is 11.0 Å². The molecule has 4 rings (SSSR count). The maximum absolute atomic E-state index is 6.50. The predicted octanol–water partition coefficient (Wildman–Crippen LogP) is 5.75. The van der Waals surface area contributed by atoms with E-state index in [1.165, 1.54) is 16.7 Å². The molecule has 4 aromatic rings. The van der Waals surface area contributed by atoms with Gasteiger partial charge in [0, 0.05) is 16.7 Å². The number of aryl methyl sites for hydroxylation is 3. The van der Waals surface area contributed by atoms with Crippen LogP contribution in [0.3, 0.4) is 0 Å².